The zero-order valence-electron chi connectivity index (χ0n) is 11.5. The van der Waals surface area contributed by atoms with E-state index < -0.39 is 5.54 Å². The van der Waals surface area contributed by atoms with E-state index in [4.69, 9.17) is 5.73 Å². The molecule has 3 rings (SSSR count). The van der Waals surface area contributed by atoms with Crippen LogP contribution in [0.15, 0.2) is 84.5 Å². The van der Waals surface area contributed by atoms with Crippen LogP contribution < -0.4 is 5.73 Å². The van der Waals surface area contributed by atoms with E-state index in [1.807, 2.05) is 12.1 Å². The zero-order chi connectivity index (χ0) is 13.8. The van der Waals surface area contributed by atoms with E-state index in [2.05, 4.69) is 66.8 Å². The van der Waals surface area contributed by atoms with Gasteiger partial charge in [0, 0.05) is 0 Å². The molecule has 100 valence electrons. The zero-order valence-corrected chi connectivity index (χ0v) is 11.5. The van der Waals surface area contributed by atoms with Gasteiger partial charge in [-0.3, -0.25) is 0 Å². The van der Waals surface area contributed by atoms with Crippen LogP contribution in [-0.2, 0) is 5.54 Å². The molecule has 0 spiro atoms. The summed E-state index contributed by atoms with van der Waals surface area (Å²) in [7, 11) is 0. The highest BCUT2D eigenvalue weighted by atomic mass is 14.8. The van der Waals surface area contributed by atoms with Crippen LogP contribution in [0.2, 0.25) is 0 Å². The molecule has 2 N–H and O–H groups in total. The van der Waals surface area contributed by atoms with Gasteiger partial charge in [0.25, 0.3) is 0 Å². The molecule has 0 aliphatic heterocycles. The molecule has 1 nitrogen and oxygen atoms in total. The highest BCUT2D eigenvalue weighted by molar-refractivity contribution is 5.48. The van der Waals surface area contributed by atoms with Crippen molar-refractivity contribution in [1.29, 1.82) is 0 Å². The van der Waals surface area contributed by atoms with Crippen molar-refractivity contribution in [2.24, 2.45) is 5.73 Å². The van der Waals surface area contributed by atoms with Gasteiger partial charge in [0.2, 0.25) is 0 Å². The van der Waals surface area contributed by atoms with E-state index in [1.54, 1.807) is 0 Å². The highest BCUT2D eigenvalue weighted by Crippen LogP contribution is 2.37. The Hall–Kier alpha value is -2.12. The first-order valence-corrected chi connectivity index (χ1v) is 7.08. The van der Waals surface area contributed by atoms with Gasteiger partial charge in [-0.05, 0) is 29.5 Å². The molecule has 0 atom stereocenters. The summed E-state index contributed by atoms with van der Waals surface area (Å²) in [5, 5.41) is 0. The Morgan fingerprint density at radius 2 is 1.35 bits per heavy atom. The van der Waals surface area contributed by atoms with Gasteiger partial charge in [0.15, 0.2) is 0 Å². The first-order chi connectivity index (χ1) is 9.82. The largest absolute Gasteiger partial charge is 0.314 e. The molecular formula is C19H19N. The summed E-state index contributed by atoms with van der Waals surface area (Å²) in [6.45, 7) is 0. The van der Waals surface area contributed by atoms with Crippen molar-refractivity contribution >= 4 is 0 Å². The Balaban J connectivity index is 2.18. The molecule has 0 heterocycles. The summed E-state index contributed by atoms with van der Waals surface area (Å²) in [4.78, 5) is 0. The van der Waals surface area contributed by atoms with Gasteiger partial charge >= 0.3 is 0 Å². The monoisotopic (exact) mass is 261 g/mol. The van der Waals surface area contributed by atoms with Crippen molar-refractivity contribution in [3.05, 3.63) is 95.6 Å². The Bertz CT molecular complexity index is 584. The van der Waals surface area contributed by atoms with Gasteiger partial charge in [-0.1, -0.05) is 78.9 Å². The van der Waals surface area contributed by atoms with Crippen molar-refractivity contribution in [3.8, 4) is 0 Å². The Morgan fingerprint density at radius 3 is 1.80 bits per heavy atom. The molecule has 0 fully saturated rings. The van der Waals surface area contributed by atoms with Crippen molar-refractivity contribution < 1.29 is 0 Å². The van der Waals surface area contributed by atoms with Crippen molar-refractivity contribution in [1.82, 2.24) is 0 Å². The second kappa shape index (κ2) is 5.48. The van der Waals surface area contributed by atoms with Crippen LogP contribution in [0.4, 0.5) is 0 Å². The number of benzene rings is 2. The van der Waals surface area contributed by atoms with Crippen LogP contribution in [0.1, 0.15) is 24.0 Å². The lowest BCUT2D eigenvalue weighted by molar-refractivity contribution is 0.601. The first-order valence-electron chi connectivity index (χ1n) is 7.08. The maximum Gasteiger partial charge on any atom is 0.0885 e. The highest BCUT2D eigenvalue weighted by Gasteiger charge is 2.33. The van der Waals surface area contributed by atoms with E-state index >= 15 is 0 Å². The fraction of sp³-hybridized carbons (Fsp3) is 0.158. The topological polar surface area (TPSA) is 26.0 Å². The standard InChI is InChI=1S/C19H19N/c20-19(16-10-4-1-5-11-16,17-12-6-2-7-13-17)18-14-8-3-9-15-18/h1-8,10-14H,9,15,20H2. The van der Waals surface area contributed by atoms with Crippen LogP contribution in [0.3, 0.4) is 0 Å². The lowest BCUT2D eigenvalue weighted by Gasteiger charge is -2.34. The van der Waals surface area contributed by atoms with Crippen LogP contribution in [0, 0.1) is 0 Å². The smallest absolute Gasteiger partial charge is 0.0885 e. The Kier molecular flexibility index (Phi) is 3.53. The molecule has 0 saturated carbocycles. The number of allylic oxidation sites excluding steroid dienone is 3. The van der Waals surface area contributed by atoms with Crippen LogP contribution in [0.25, 0.3) is 0 Å². The van der Waals surface area contributed by atoms with E-state index in [9.17, 15) is 0 Å². The molecule has 20 heavy (non-hydrogen) atoms. The third-order valence-corrected chi connectivity index (χ3v) is 3.98. The van der Waals surface area contributed by atoms with Crippen molar-refractivity contribution in [3.63, 3.8) is 0 Å². The minimum atomic E-state index is -0.534. The molecule has 1 aliphatic rings. The lowest BCUT2D eigenvalue weighted by Crippen LogP contribution is -2.40. The van der Waals surface area contributed by atoms with Gasteiger partial charge in [-0.2, -0.15) is 0 Å². The molecular weight excluding hydrogens is 242 g/mol. The Morgan fingerprint density at radius 1 is 0.800 bits per heavy atom. The third-order valence-electron chi connectivity index (χ3n) is 3.98. The van der Waals surface area contributed by atoms with Crippen molar-refractivity contribution in [2.45, 2.75) is 18.4 Å². The normalized spacial score (nSPS) is 14.9. The van der Waals surface area contributed by atoms with Gasteiger partial charge in [0.05, 0.1) is 5.54 Å². The number of rotatable bonds is 3. The molecule has 2 aromatic rings. The number of nitrogens with two attached hydrogens (primary N) is 1. The summed E-state index contributed by atoms with van der Waals surface area (Å²) in [6.07, 6.45) is 8.55. The number of hydrogen-bond acceptors (Lipinski definition) is 1. The quantitative estimate of drug-likeness (QED) is 0.882. The molecule has 0 aromatic heterocycles. The predicted octanol–water partition coefficient (Wildman–Crippen LogP) is 4.17. The van der Waals surface area contributed by atoms with E-state index in [0.717, 1.165) is 24.0 Å². The van der Waals surface area contributed by atoms with Crippen LogP contribution >= 0.6 is 0 Å². The average Bonchev–Trinajstić information content (AvgIpc) is 2.56. The minimum Gasteiger partial charge on any atom is -0.314 e. The second-order valence-electron chi connectivity index (χ2n) is 5.20. The summed E-state index contributed by atoms with van der Waals surface area (Å²) in [5.41, 5.74) is 9.95. The van der Waals surface area contributed by atoms with Crippen molar-refractivity contribution in [2.75, 3.05) is 0 Å². The molecule has 2 aromatic carbocycles. The molecule has 0 radical (unpaired) electrons. The predicted molar refractivity (Wildman–Crippen MR) is 84.3 cm³/mol. The fourth-order valence-electron chi connectivity index (χ4n) is 2.87. The summed E-state index contributed by atoms with van der Waals surface area (Å²) in [5.74, 6) is 0. The van der Waals surface area contributed by atoms with Gasteiger partial charge in [0.1, 0.15) is 0 Å². The van der Waals surface area contributed by atoms with Gasteiger partial charge in [-0.15, -0.1) is 0 Å². The third kappa shape index (κ3) is 2.21. The minimum absolute atomic E-state index is 0.534. The maximum atomic E-state index is 6.91. The average molecular weight is 261 g/mol. The van der Waals surface area contributed by atoms with Gasteiger partial charge < -0.3 is 5.73 Å². The first kappa shape index (κ1) is 12.9. The molecule has 0 bridgehead atoms. The molecule has 0 unspecified atom stereocenters. The molecule has 1 aliphatic carbocycles. The second-order valence-corrected chi connectivity index (χ2v) is 5.20. The van der Waals surface area contributed by atoms with Gasteiger partial charge in [-0.25, -0.2) is 0 Å². The van der Waals surface area contributed by atoms with Crippen LogP contribution in [-0.4, -0.2) is 0 Å². The SMILES string of the molecule is NC(C1=CC=CCC1)(c1ccccc1)c1ccccc1. The summed E-state index contributed by atoms with van der Waals surface area (Å²) in [6, 6.07) is 20.8. The lowest BCUT2D eigenvalue weighted by atomic mass is 9.75. The molecule has 1 heteroatoms. The Labute approximate surface area is 120 Å². The maximum absolute atomic E-state index is 6.91. The van der Waals surface area contributed by atoms with Crippen LogP contribution in [0.5, 0.6) is 0 Å². The molecule has 0 amide bonds. The van der Waals surface area contributed by atoms with E-state index in [-0.39, 0.29) is 0 Å². The van der Waals surface area contributed by atoms with E-state index in [1.165, 1.54) is 5.57 Å². The summed E-state index contributed by atoms with van der Waals surface area (Å²) >= 11 is 0. The van der Waals surface area contributed by atoms with E-state index in [0.29, 0.717) is 0 Å². The fourth-order valence-corrected chi connectivity index (χ4v) is 2.87. The number of hydrogen-bond donors (Lipinski definition) is 1. The summed E-state index contributed by atoms with van der Waals surface area (Å²) < 4.78 is 0. The molecule has 0 saturated heterocycles.